The predicted molar refractivity (Wildman–Crippen MR) is 55.4 cm³/mol. The van der Waals surface area contributed by atoms with Crippen molar-refractivity contribution in [1.29, 1.82) is 0 Å². The second-order valence-electron chi connectivity index (χ2n) is 3.36. The van der Waals surface area contributed by atoms with Crippen LogP contribution in [0, 0.1) is 0 Å². The Balaban J connectivity index is 2.41. The molecule has 1 atom stereocenters. The number of primary amides is 1. The molecule has 0 bridgehead atoms. The molecular formula is C10H10N2O4. The zero-order valence-corrected chi connectivity index (χ0v) is 8.29. The molecule has 16 heavy (non-hydrogen) atoms. The van der Waals surface area contributed by atoms with Crippen LogP contribution in [0.3, 0.4) is 0 Å². The van der Waals surface area contributed by atoms with E-state index in [4.69, 9.17) is 15.6 Å². The Hall–Kier alpha value is -2.24. The molecule has 1 heterocycles. The quantitative estimate of drug-likeness (QED) is 0.720. The van der Waals surface area contributed by atoms with Gasteiger partial charge in [-0.3, -0.25) is 4.90 Å². The van der Waals surface area contributed by atoms with Crippen LogP contribution in [0.25, 0.3) is 0 Å². The van der Waals surface area contributed by atoms with Gasteiger partial charge in [0.2, 0.25) is 6.10 Å². The Morgan fingerprint density at radius 2 is 2.12 bits per heavy atom. The average molecular weight is 222 g/mol. The maximum Gasteiger partial charge on any atom is 0.346 e. The molecule has 2 amide bonds. The lowest BCUT2D eigenvalue weighted by Crippen LogP contribution is -2.49. The van der Waals surface area contributed by atoms with Gasteiger partial charge < -0.3 is 15.6 Å². The van der Waals surface area contributed by atoms with Crippen LogP contribution in [-0.4, -0.2) is 29.8 Å². The number of hydrogen-bond donors (Lipinski definition) is 2. The normalized spacial score (nSPS) is 18.5. The van der Waals surface area contributed by atoms with E-state index in [9.17, 15) is 9.59 Å². The Morgan fingerprint density at radius 3 is 2.75 bits per heavy atom. The first-order chi connectivity index (χ1) is 7.59. The van der Waals surface area contributed by atoms with Crippen molar-refractivity contribution in [3.05, 3.63) is 24.3 Å². The van der Waals surface area contributed by atoms with E-state index in [1.165, 1.54) is 4.90 Å². The lowest BCUT2D eigenvalue weighted by Gasteiger charge is -2.31. The van der Waals surface area contributed by atoms with Gasteiger partial charge in [0.15, 0.2) is 0 Å². The molecule has 0 unspecified atom stereocenters. The van der Waals surface area contributed by atoms with E-state index in [2.05, 4.69) is 0 Å². The van der Waals surface area contributed by atoms with E-state index in [1.54, 1.807) is 24.3 Å². The van der Waals surface area contributed by atoms with Crippen LogP contribution in [0.1, 0.15) is 0 Å². The summed E-state index contributed by atoms with van der Waals surface area (Å²) in [6.45, 7) is -0.0817. The molecule has 6 heteroatoms. The number of carboxylic acids is 1. The van der Waals surface area contributed by atoms with E-state index in [0.717, 1.165) is 0 Å². The first kappa shape index (κ1) is 10.3. The van der Waals surface area contributed by atoms with E-state index < -0.39 is 18.1 Å². The number of benzene rings is 1. The molecule has 1 aliphatic rings. The summed E-state index contributed by atoms with van der Waals surface area (Å²) in [5, 5.41) is 8.86. The van der Waals surface area contributed by atoms with Gasteiger partial charge >= 0.3 is 12.0 Å². The van der Waals surface area contributed by atoms with Gasteiger partial charge in [-0.15, -0.1) is 0 Å². The monoisotopic (exact) mass is 222 g/mol. The van der Waals surface area contributed by atoms with Crippen LogP contribution in [0.15, 0.2) is 24.3 Å². The van der Waals surface area contributed by atoms with E-state index >= 15 is 0 Å². The van der Waals surface area contributed by atoms with Crippen molar-refractivity contribution in [3.8, 4) is 5.75 Å². The SMILES string of the molecule is NC(=O)N1C[C@@H](C(=O)O)Oc2ccccc21. The molecule has 1 aromatic carbocycles. The molecule has 3 N–H and O–H groups in total. The Labute approximate surface area is 91.2 Å². The van der Waals surface area contributed by atoms with Gasteiger partial charge in [-0.05, 0) is 12.1 Å². The number of nitrogens with zero attached hydrogens (tertiary/aromatic N) is 1. The van der Waals surface area contributed by atoms with Crippen molar-refractivity contribution in [2.75, 3.05) is 11.4 Å². The maximum atomic E-state index is 11.2. The summed E-state index contributed by atoms with van der Waals surface area (Å²) >= 11 is 0. The number of fused-ring (bicyclic) bond motifs is 1. The minimum Gasteiger partial charge on any atom is -0.478 e. The predicted octanol–water partition coefficient (Wildman–Crippen LogP) is 0.417. The lowest BCUT2D eigenvalue weighted by molar-refractivity contribution is -0.144. The highest BCUT2D eigenvalue weighted by Crippen LogP contribution is 2.32. The summed E-state index contributed by atoms with van der Waals surface area (Å²) in [6.07, 6.45) is -1.08. The molecule has 0 radical (unpaired) electrons. The van der Waals surface area contributed by atoms with Crippen LogP contribution >= 0.6 is 0 Å². The van der Waals surface area contributed by atoms with Gasteiger partial charge in [-0.25, -0.2) is 9.59 Å². The molecule has 2 rings (SSSR count). The fourth-order valence-corrected chi connectivity index (χ4v) is 1.57. The van der Waals surface area contributed by atoms with Crippen molar-refractivity contribution in [3.63, 3.8) is 0 Å². The van der Waals surface area contributed by atoms with Crippen molar-refractivity contribution >= 4 is 17.7 Å². The zero-order chi connectivity index (χ0) is 11.7. The van der Waals surface area contributed by atoms with E-state index in [1.807, 2.05) is 0 Å². The fraction of sp³-hybridized carbons (Fsp3) is 0.200. The van der Waals surface area contributed by atoms with Crippen LogP contribution in [0.2, 0.25) is 0 Å². The number of carbonyl (C=O) groups excluding carboxylic acids is 1. The Bertz CT molecular complexity index is 446. The van der Waals surface area contributed by atoms with Crippen LogP contribution in [0.4, 0.5) is 10.5 Å². The van der Waals surface area contributed by atoms with Crippen molar-refractivity contribution < 1.29 is 19.4 Å². The van der Waals surface area contributed by atoms with Gasteiger partial charge in [0.1, 0.15) is 5.75 Å². The highest BCUT2D eigenvalue weighted by molar-refractivity contribution is 5.94. The summed E-state index contributed by atoms with van der Waals surface area (Å²) < 4.78 is 5.22. The third-order valence-corrected chi connectivity index (χ3v) is 2.32. The third kappa shape index (κ3) is 1.65. The molecule has 0 fully saturated rings. The number of para-hydroxylation sites is 2. The number of nitrogens with two attached hydrogens (primary N) is 1. The van der Waals surface area contributed by atoms with E-state index in [-0.39, 0.29) is 6.54 Å². The summed E-state index contributed by atoms with van der Waals surface area (Å²) in [7, 11) is 0. The summed E-state index contributed by atoms with van der Waals surface area (Å²) in [4.78, 5) is 23.2. The number of anilines is 1. The number of carboxylic acid groups (broad SMARTS) is 1. The molecule has 0 aromatic heterocycles. The second kappa shape index (κ2) is 3.73. The average Bonchev–Trinajstić information content (AvgIpc) is 2.27. The van der Waals surface area contributed by atoms with Gasteiger partial charge in [-0.1, -0.05) is 12.1 Å². The van der Waals surface area contributed by atoms with Crippen molar-refractivity contribution in [2.45, 2.75) is 6.10 Å². The second-order valence-corrected chi connectivity index (χ2v) is 3.36. The topological polar surface area (TPSA) is 92.9 Å². The largest absolute Gasteiger partial charge is 0.478 e. The highest BCUT2D eigenvalue weighted by atomic mass is 16.5. The third-order valence-electron chi connectivity index (χ3n) is 2.32. The summed E-state index contributed by atoms with van der Waals surface area (Å²) in [5.74, 6) is -0.777. The summed E-state index contributed by atoms with van der Waals surface area (Å²) in [6, 6.07) is 5.97. The molecule has 1 aliphatic heterocycles. The minimum absolute atomic E-state index is 0.0817. The number of carbonyl (C=O) groups is 2. The van der Waals surface area contributed by atoms with Gasteiger partial charge in [-0.2, -0.15) is 0 Å². The van der Waals surface area contributed by atoms with Crippen LogP contribution in [-0.2, 0) is 4.79 Å². The standard InChI is InChI=1S/C10H10N2O4/c11-10(15)12-5-8(9(13)14)16-7-4-2-1-3-6(7)12/h1-4,8H,5H2,(H2,11,15)(H,13,14)/t8-/m0/s1. The van der Waals surface area contributed by atoms with Gasteiger partial charge in [0, 0.05) is 0 Å². The molecule has 6 nitrogen and oxygen atoms in total. The van der Waals surface area contributed by atoms with Crippen LogP contribution < -0.4 is 15.4 Å². The smallest absolute Gasteiger partial charge is 0.346 e. The lowest BCUT2D eigenvalue weighted by atomic mass is 10.2. The maximum absolute atomic E-state index is 11.2. The molecule has 1 aromatic rings. The minimum atomic E-state index is -1.12. The number of rotatable bonds is 1. The zero-order valence-electron chi connectivity index (χ0n) is 8.29. The highest BCUT2D eigenvalue weighted by Gasteiger charge is 2.32. The molecule has 0 aliphatic carbocycles. The number of hydrogen-bond acceptors (Lipinski definition) is 3. The number of amides is 2. The molecule has 84 valence electrons. The van der Waals surface area contributed by atoms with Gasteiger partial charge in [0.05, 0.1) is 12.2 Å². The van der Waals surface area contributed by atoms with Crippen molar-refractivity contribution in [2.24, 2.45) is 5.73 Å². The molecule has 0 spiro atoms. The van der Waals surface area contributed by atoms with Crippen LogP contribution in [0.5, 0.6) is 5.75 Å². The number of urea groups is 1. The first-order valence-electron chi connectivity index (χ1n) is 4.65. The Kier molecular flexibility index (Phi) is 2.40. The number of ether oxygens (including phenoxy) is 1. The molecule has 0 saturated heterocycles. The van der Waals surface area contributed by atoms with E-state index in [0.29, 0.717) is 11.4 Å². The molecular weight excluding hydrogens is 212 g/mol. The van der Waals surface area contributed by atoms with Crippen molar-refractivity contribution in [1.82, 2.24) is 0 Å². The first-order valence-corrected chi connectivity index (χ1v) is 4.65. The molecule has 0 saturated carbocycles. The van der Waals surface area contributed by atoms with Gasteiger partial charge in [0.25, 0.3) is 0 Å². The fourth-order valence-electron chi connectivity index (χ4n) is 1.57. The number of aliphatic carboxylic acids is 1. The Morgan fingerprint density at radius 1 is 1.44 bits per heavy atom. The summed E-state index contributed by atoms with van der Waals surface area (Å²) in [5.41, 5.74) is 5.68.